The van der Waals surface area contributed by atoms with Gasteiger partial charge < -0.3 is 0 Å². The first-order chi connectivity index (χ1) is 6.18. The molecular weight excluding hydrogens is 238 g/mol. The molecular formula is C10H9BrF2. The Hall–Kier alpha value is -0.440. The molecule has 0 saturated heterocycles. The lowest BCUT2D eigenvalue weighted by atomic mass is 10.1. The second-order valence-electron chi connectivity index (χ2n) is 3.41. The molecule has 2 rings (SSSR count). The second-order valence-corrected chi connectivity index (χ2v) is 4.40. The molecule has 1 aliphatic carbocycles. The third-order valence-corrected chi connectivity index (χ3v) is 3.57. The van der Waals surface area contributed by atoms with Gasteiger partial charge in [-0.25, -0.2) is 8.78 Å². The van der Waals surface area contributed by atoms with E-state index >= 15 is 0 Å². The van der Waals surface area contributed by atoms with Crippen LogP contribution in [0, 0.1) is 17.6 Å². The van der Waals surface area contributed by atoms with Crippen LogP contribution in [-0.4, -0.2) is 0 Å². The number of rotatable bonds is 2. The molecule has 0 aliphatic heterocycles. The summed E-state index contributed by atoms with van der Waals surface area (Å²) in [5.41, 5.74) is 0.835. The zero-order chi connectivity index (χ0) is 9.42. The fourth-order valence-electron chi connectivity index (χ4n) is 1.34. The van der Waals surface area contributed by atoms with E-state index in [0.717, 1.165) is 5.56 Å². The maximum atomic E-state index is 12.8. The van der Waals surface area contributed by atoms with Crippen molar-refractivity contribution in [1.82, 2.24) is 0 Å². The van der Waals surface area contributed by atoms with Crippen LogP contribution in [0.15, 0.2) is 18.2 Å². The van der Waals surface area contributed by atoms with Crippen molar-refractivity contribution in [2.24, 2.45) is 5.92 Å². The molecule has 1 saturated carbocycles. The fraction of sp³-hybridized carbons (Fsp3) is 0.400. The summed E-state index contributed by atoms with van der Waals surface area (Å²) in [6, 6.07) is 4.09. The van der Waals surface area contributed by atoms with Crippen LogP contribution in [0.5, 0.6) is 0 Å². The topological polar surface area (TPSA) is 0 Å². The average Bonchev–Trinajstić information content (AvgIpc) is 2.91. The Bertz CT molecular complexity index is 321. The summed E-state index contributed by atoms with van der Waals surface area (Å²) in [5.74, 6) is -0.938. The number of halogens is 3. The maximum absolute atomic E-state index is 12.8. The van der Waals surface area contributed by atoms with E-state index in [0.29, 0.717) is 5.92 Å². The maximum Gasteiger partial charge on any atom is 0.159 e. The van der Waals surface area contributed by atoms with Crippen LogP contribution < -0.4 is 0 Å². The fourth-order valence-corrected chi connectivity index (χ4v) is 2.16. The highest BCUT2D eigenvalue weighted by Gasteiger charge is 2.30. The van der Waals surface area contributed by atoms with E-state index in [1.54, 1.807) is 6.07 Å². The minimum atomic E-state index is -0.778. The van der Waals surface area contributed by atoms with Crippen molar-refractivity contribution in [3.8, 4) is 0 Å². The third-order valence-electron chi connectivity index (χ3n) is 2.30. The second kappa shape index (κ2) is 3.37. The molecule has 1 fully saturated rings. The van der Waals surface area contributed by atoms with E-state index in [-0.39, 0.29) is 4.83 Å². The summed E-state index contributed by atoms with van der Waals surface area (Å²) in [7, 11) is 0. The number of hydrogen-bond acceptors (Lipinski definition) is 0. The molecule has 0 heterocycles. The molecule has 13 heavy (non-hydrogen) atoms. The van der Waals surface area contributed by atoms with Gasteiger partial charge in [0.2, 0.25) is 0 Å². The lowest BCUT2D eigenvalue weighted by Crippen LogP contribution is -1.94. The van der Waals surface area contributed by atoms with Gasteiger partial charge >= 0.3 is 0 Å². The molecule has 0 bridgehead atoms. The van der Waals surface area contributed by atoms with Crippen LogP contribution in [0.25, 0.3) is 0 Å². The number of hydrogen-bond donors (Lipinski definition) is 0. The van der Waals surface area contributed by atoms with E-state index in [4.69, 9.17) is 0 Å². The van der Waals surface area contributed by atoms with Crippen LogP contribution in [0.4, 0.5) is 8.78 Å². The molecule has 1 aliphatic rings. The molecule has 1 unspecified atom stereocenters. The highest BCUT2D eigenvalue weighted by atomic mass is 79.9. The molecule has 1 aromatic rings. The molecule has 1 atom stereocenters. The normalized spacial score (nSPS) is 18.7. The van der Waals surface area contributed by atoms with Gasteiger partial charge in [0.25, 0.3) is 0 Å². The first-order valence-electron chi connectivity index (χ1n) is 4.27. The molecule has 0 amide bonds. The van der Waals surface area contributed by atoms with E-state index in [1.165, 1.54) is 25.0 Å². The number of alkyl halides is 1. The molecule has 0 N–H and O–H groups in total. The Balaban J connectivity index is 2.24. The Kier molecular flexibility index (Phi) is 2.37. The smallest absolute Gasteiger partial charge is 0.159 e. The van der Waals surface area contributed by atoms with Crippen LogP contribution in [0.2, 0.25) is 0 Å². The highest BCUT2D eigenvalue weighted by Crippen LogP contribution is 2.46. The van der Waals surface area contributed by atoms with Gasteiger partial charge in [-0.1, -0.05) is 22.0 Å². The van der Waals surface area contributed by atoms with Gasteiger partial charge in [0.15, 0.2) is 11.6 Å². The van der Waals surface area contributed by atoms with E-state index < -0.39 is 11.6 Å². The van der Waals surface area contributed by atoms with E-state index in [2.05, 4.69) is 15.9 Å². The van der Waals surface area contributed by atoms with Gasteiger partial charge in [0.1, 0.15) is 0 Å². The van der Waals surface area contributed by atoms with Gasteiger partial charge in [-0.15, -0.1) is 0 Å². The Labute approximate surface area is 84.1 Å². The largest absolute Gasteiger partial charge is 0.204 e. The first-order valence-corrected chi connectivity index (χ1v) is 5.19. The van der Waals surface area contributed by atoms with Crippen molar-refractivity contribution in [2.45, 2.75) is 17.7 Å². The zero-order valence-corrected chi connectivity index (χ0v) is 8.52. The van der Waals surface area contributed by atoms with Gasteiger partial charge in [0.05, 0.1) is 0 Å². The van der Waals surface area contributed by atoms with Crippen molar-refractivity contribution < 1.29 is 8.78 Å². The predicted octanol–water partition coefficient (Wildman–Crippen LogP) is 3.81. The summed E-state index contributed by atoms with van der Waals surface area (Å²) >= 11 is 3.48. The predicted molar refractivity (Wildman–Crippen MR) is 50.8 cm³/mol. The van der Waals surface area contributed by atoms with Gasteiger partial charge in [-0.2, -0.15) is 0 Å². The summed E-state index contributed by atoms with van der Waals surface area (Å²) in [6.07, 6.45) is 2.35. The van der Waals surface area contributed by atoms with Crippen molar-refractivity contribution in [3.63, 3.8) is 0 Å². The lowest BCUT2D eigenvalue weighted by molar-refractivity contribution is 0.506. The number of benzene rings is 1. The average molecular weight is 247 g/mol. The third kappa shape index (κ3) is 1.90. The summed E-state index contributed by atoms with van der Waals surface area (Å²) in [6.45, 7) is 0. The molecule has 3 heteroatoms. The molecule has 1 aromatic carbocycles. The summed E-state index contributed by atoms with van der Waals surface area (Å²) in [4.78, 5) is 0.183. The Morgan fingerprint density at radius 3 is 2.46 bits per heavy atom. The summed E-state index contributed by atoms with van der Waals surface area (Å²) < 4.78 is 25.4. The van der Waals surface area contributed by atoms with Crippen molar-refractivity contribution in [2.75, 3.05) is 0 Å². The van der Waals surface area contributed by atoms with Crippen LogP contribution >= 0.6 is 15.9 Å². The van der Waals surface area contributed by atoms with Gasteiger partial charge in [0, 0.05) is 4.83 Å². The minimum absolute atomic E-state index is 0.183. The zero-order valence-electron chi connectivity index (χ0n) is 6.93. The highest BCUT2D eigenvalue weighted by molar-refractivity contribution is 9.09. The Morgan fingerprint density at radius 2 is 1.92 bits per heavy atom. The van der Waals surface area contributed by atoms with Crippen LogP contribution in [0.1, 0.15) is 23.2 Å². The quantitative estimate of drug-likeness (QED) is 0.697. The molecule has 70 valence electrons. The Morgan fingerprint density at radius 1 is 1.23 bits per heavy atom. The van der Waals surface area contributed by atoms with Crippen molar-refractivity contribution in [3.05, 3.63) is 35.4 Å². The van der Waals surface area contributed by atoms with Gasteiger partial charge in [-0.3, -0.25) is 0 Å². The van der Waals surface area contributed by atoms with E-state index in [9.17, 15) is 8.78 Å². The summed E-state index contributed by atoms with van der Waals surface area (Å²) in [5, 5.41) is 0. The SMILES string of the molecule is Fc1ccc(C(Br)C2CC2)cc1F. The first kappa shape index (κ1) is 9.13. The van der Waals surface area contributed by atoms with Crippen LogP contribution in [-0.2, 0) is 0 Å². The van der Waals surface area contributed by atoms with E-state index in [1.807, 2.05) is 0 Å². The van der Waals surface area contributed by atoms with Crippen LogP contribution in [0.3, 0.4) is 0 Å². The van der Waals surface area contributed by atoms with Crippen molar-refractivity contribution >= 4 is 15.9 Å². The molecule has 0 radical (unpaired) electrons. The minimum Gasteiger partial charge on any atom is -0.204 e. The van der Waals surface area contributed by atoms with Gasteiger partial charge in [-0.05, 0) is 36.5 Å². The molecule has 0 aromatic heterocycles. The lowest BCUT2D eigenvalue weighted by Gasteiger charge is -2.08. The van der Waals surface area contributed by atoms with Crippen molar-refractivity contribution in [1.29, 1.82) is 0 Å². The molecule has 0 spiro atoms. The monoisotopic (exact) mass is 246 g/mol. The standard InChI is InChI=1S/C10H9BrF2/c11-10(6-1-2-6)7-3-4-8(12)9(13)5-7/h3-6,10H,1-2H2. The molecule has 0 nitrogen and oxygen atoms in total.